The molecular weight excluding hydrogens is 598 g/mol. The molecular formula is C22H45O4SSn2. The number of hydrogen-bond acceptors (Lipinski definition) is 3. The van der Waals surface area contributed by atoms with E-state index in [0.717, 1.165) is 0 Å². The first kappa shape index (κ1) is 37.1. The molecule has 0 aliphatic heterocycles. The van der Waals surface area contributed by atoms with Crippen molar-refractivity contribution in [2.24, 2.45) is 0 Å². The average Bonchev–Trinajstić information content (AvgIpc) is 2.68. The number of carbonyl (C=O) groups excluding carboxylic acids is 1. The van der Waals surface area contributed by atoms with Crippen LogP contribution in [0.4, 0.5) is 0 Å². The number of carbonyl (C=O) groups is 2. The summed E-state index contributed by atoms with van der Waals surface area (Å²) in [4.78, 5) is 19.8. The van der Waals surface area contributed by atoms with Gasteiger partial charge in [0.15, 0.2) is 0 Å². The largest absolute Gasteiger partial charge is 0.481 e. The molecule has 0 heterocycles. The topological polar surface area (TPSA) is 74.6 Å². The minimum Gasteiger partial charge on any atom is -0.481 e. The van der Waals surface area contributed by atoms with Crippen molar-refractivity contribution >= 4 is 67.4 Å². The van der Waals surface area contributed by atoms with E-state index >= 15 is 0 Å². The predicted molar refractivity (Wildman–Crippen MR) is 133 cm³/mol. The summed E-state index contributed by atoms with van der Waals surface area (Å²) in [5.41, 5.74) is 0. The van der Waals surface area contributed by atoms with Crippen LogP contribution >= 0.6 is 12.6 Å². The van der Waals surface area contributed by atoms with E-state index in [1.165, 1.54) is 62.2 Å². The molecule has 0 fully saturated rings. The van der Waals surface area contributed by atoms with Crippen LogP contribution < -0.4 is 0 Å². The molecule has 0 saturated carbocycles. The first-order chi connectivity index (χ1) is 13.8. The minimum atomic E-state index is -1.48. The molecule has 1 unspecified atom stereocenters. The van der Waals surface area contributed by atoms with Gasteiger partial charge in [-0.25, -0.2) is 0 Å². The standard InChI is InChI=1S/C6H12.C4H6O4S.3C4H9.2Sn/c1-3-5-6-4-2;5-2(4(8)9)1-3(6)7;3*1-3-4-2;;/h3H,1,4-6H2,2H3;2,5H,1H2,(H,6,7)(H,8,9);3*1,3-4H2,2H3;;. The molecule has 0 aromatic rings. The average molecular weight is 643 g/mol. The van der Waals surface area contributed by atoms with Gasteiger partial charge in [-0.3, -0.25) is 9.59 Å². The van der Waals surface area contributed by atoms with Gasteiger partial charge in [0, 0.05) is 0 Å². The summed E-state index contributed by atoms with van der Waals surface area (Å²) in [7, 11) is 0. The first-order valence-electron chi connectivity index (χ1n) is 10.9. The fraction of sp³-hybridized carbons (Fsp3) is 0.818. The van der Waals surface area contributed by atoms with E-state index in [1.54, 1.807) is 31.4 Å². The summed E-state index contributed by atoms with van der Waals surface area (Å²) in [6.45, 7) is 12.6. The van der Waals surface area contributed by atoms with Crippen LogP contribution in [-0.2, 0) is 9.59 Å². The zero-order valence-corrected chi connectivity index (χ0v) is 25.8. The molecule has 5 radical (unpaired) electrons. The molecule has 0 amide bonds. The van der Waals surface area contributed by atoms with Crippen LogP contribution in [0.15, 0.2) is 12.7 Å². The molecule has 0 rings (SSSR count). The number of unbranched alkanes of at least 4 members (excludes halogenated alkanes) is 5. The van der Waals surface area contributed by atoms with E-state index in [0.29, 0.717) is 0 Å². The Labute approximate surface area is 209 Å². The van der Waals surface area contributed by atoms with E-state index in [-0.39, 0.29) is 21.1 Å². The first-order valence-corrected chi connectivity index (χ1v) is 17.4. The Balaban J connectivity index is -0.000000148. The van der Waals surface area contributed by atoms with Gasteiger partial charge in [0.2, 0.25) is 5.12 Å². The third-order valence-corrected chi connectivity index (χ3v) is 8.70. The van der Waals surface area contributed by atoms with E-state index in [2.05, 4.69) is 46.9 Å². The van der Waals surface area contributed by atoms with Gasteiger partial charge in [0.05, 0.1) is 6.42 Å². The van der Waals surface area contributed by atoms with Crippen LogP contribution in [0.25, 0.3) is 0 Å². The van der Waals surface area contributed by atoms with E-state index < -0.39 is 23.6 Å². The number of carboxylic acids is 1. The van der Waals surface area contributed by atoms with Crippen LogP contribution in [0.5, 0.6) is 0 Å². The van der Waals surface area contributed by atoms with Gasteiger partial charge in [-0.05, 0) is 6.42 Å². The van der Waals surface area contributed by atoms with Crippen LogP contribution in [-0.4, -0.2) is 71.1 Å². The zero-order valence-electron chi connectivity index (χ0n) is 19.2. The van der Waals surface area contributed by atoms with Crippen LogP contribution in [0.2, 0.25) is 13.3 Å². The number of rotatable bonds is 14. The molecule has 0 bridgehead atoms. The quantitative estimate of drug-likeness (QED) is 0.0921. The Kier molecular flexibility index (Phi) is 46.3. The summed E-state index contributed by atoms with van der Waals surface area (Å²) in [5.74, 6) is -1.22. The van der Waals surface area contributed by atoms with Crippen molar-refractivity contribution in [3.8, 4) is 0 Å². The van der Waals surface area contributed by atoms with Gasteiger partial charge in [-0.15, -0.1) is 19.2 Å². The van der Waals surface area contributed by atoms with Gasteiger partial charge in [-0.2, -0.15) is 0 Å². The Bertz CT molecular complexity index is 335. The van der Waals surface area contributed by atoms with Crippen molar-refractivity contribution in [3.05, 3.63) is 12.7 Å². The molecule has 1 atom stereocenters. The van der Waals surface area contributed by atoms with E-state index in [1.807, 2.05) is 6.08 Å². The Morgan fingerprint density at radius 1 is 1.00 bits per heavy atom. The van der Waals surface area contributed by atoms with Crippen molar-refractivity contribution in [2.45, 2.75) is 111 Å². The van der Waals surface area contributed by atoms with Gasteiger partial charge in [-0.1, -0.05) is 25.8 Å². The number of aliphatic hydroxyl groups is 1. The SMILES string of the molecule is C=CCCCC.CCC[CH2][Sn].CCC[CH2][Sn][CH2]CCC.O=C(O)CC(O)C(=O)S. The summed E-state index contributed by atoms with van der Waals surface area (Å²) < 4.78 is 4.68. The third-order valence-electron chi connectivity index (χ3n) is 3.36. The van der Waals surface area contributed by atoms with Crippen LogP contribution in [0.1, 0.15) is 91.9 Å². The van der Waals surface area contributed by atoms with Crippen molar-refractivity contribution < 1.29 is 19.8 Å². The third kappa shape index (κ3) is 52.8. The molecule has 0 aromatic heterocycles. The molecule has 0 spiro atoms. The number of thiol groups is 1. The minimum absolute atomic E-state index is 0.149. The number of hydrogen-bond donors (Lipinski definition) is 3. The summed E-state index contributed by atoms with van der Waals surface area (Å²) in [6.07, 6.45) is 12.3. The predicted octanol–water partition coefficient (Wildman–Crippen LogP) is 6.14. The van der Waals surface area contributed by atoms with Gasteiger partial charge in [0.1, 0.15) is 6.10 Å². The molecule has 2 N–H and O–H groups in total. The molecule has 171 valence electrons. The molecule has 7 heteroatoms. The molecule has 0 saturated heterocycles. The number of aliphatic hydroxyl groups excluding tert-OH is 1. The number of aliphatic carboxylic acids is 1. The summed E-state index contributed by atoms with van der Waals surface area (Å²) >= 11 is 5.05. The smallest absolute Gasteiger partial charge is 0.306 e. The van der Waals surface area contributed by atoms with Crippen molar-refractivity contribution in [2.75, 3.05) is 0 Å². The molecule has 0 aliphatic rings. The maximum absolute atomic E-state index is 10.0. The van der Waals surface area contributed by atoms with Crippen molar-refractivity contribution in [1.29, 1.82) is 0 Å². The normalized spacial score (nSPS) is 10.2. The molecule has 29 heavy (non-hydrogen) atoms. The fourth-order valence-corrected chi connectivity index (χ4v) is 6.77. The Morgan fingerprint density at radius 2 is 1.45 bits per heavy atom. The second-order valence-electron chi connectivity index (χ2n) is 6.44. The zero-order chi connectivity index (χ0) is 23.3. The number of carboxylic acid groups (broad SMARTS) is 1. The van der Waals surface area contributed by atoms with Crippen LogP contribution in [0, 0.1) is 0 Å². The Morgan fingerprint density at radius 3 is 1.62 bits per heavy atom. The molecule has 4 nitrogen and oxygen atoms in total. The monoisotopic (exact) mass is 645 g/mol. The Hall–Kier alpha value is 0.787. The molecule has 0 aromatic carbocycles. The van der Waals surface area contributed by atoms with Gasteiger partial charge >= 0.3 is 122 Å². The van der Waals surface area contributed by atoms with Crippen molar-refractivity contribution in [1.82, 2.24) is 0 Å². The van der Waals surface area contributed by atoms with Crippen molar-refractivity contribution in [3.63, 3.8) is 0 Å². The summed E-state index contributed by atoms with van der Waals surface area (Å²) in [5, 5.41) is 15.7. The van der Waals surface area contributed by atoms with Crippen LogP contribution in [0.3, 0.4) is 0 Å². The maximum atomic E-state index is 10.0. The van der Waals surface area contributed by atoms with Gasteiger partial charge in [0.25, 0.3) is 0 Å². The van der Waals surface area contributed by atoms with E-state index in [4.69, 9.17) is 10.2 Å². The van der Waals surface area contributed by atoms with E-state index in [9.17, 15) is 9.59 Å². The second kappa shape index (κ2) is 36.2. The fourth-order valence-electron chi connectivity index (χ4n) is 1.51. The summed E-state index contributed by atoms with van der Waals surface area (Å²) in [6, 6.07) is 0. The number of allylic oxidation sites excluding steroid dienone is 1. The second-order valence-corrected chi connectivity index (χ2v) is 12.6. The van der Waals surface area contributed by atoms with Gasteiger partial charge < -0.3 is 10.2 Å². The maximum Gasteiger partial charge on any atom is 0.306 e. The molecule has 0 aliphatic carbocycles.